The third kappa shape index (κ3) is 4.65. The molecule has 4 rings (SSSR count). The molecular formula is C24H27FN2O4. The molecule has 0 aliphatic carbocycles. The van der Waals surface area contributed by atoms with Crippen molar-refractivity contribution in [1.29, 1.82) is 0 Å². The Hall–Kier alpha value is -3.09. The monoisotopic (exact) mass is 426 g/mol. The van der Waals surface area contributed by atoms with Crippen LogP contribution in [-0.2, 0) is 4.79 Å². The van der Waals surface area contributed by atoms with Crippen LogP contribution in [0.3, 0.4) is 0 Å². The third-order valence-corrected chi connectivity index (χ3v) is 5.88. The number of likely N-dealkylation sites (tertiary alicyclic amines) is 1. The summed E-state index contributed by atoms with van der Waals surface area (Å²) < 4.78 is 24.1. The molecular weight excluding hydrogens is 399 g/mol. The number of fused-ring (bicyclic) bond motifs is 1. The summed E-state index contributed by atoms with van der Waals surface area (Å²) in [5.41, 5.74) is 1.34. The van der Waals surface area contributed by atoms with Crippen LogP contribution in [0.1, 0.15) is 42.1 Å². The molecule has 1 N–H and O–H groups in total. The minimum atomic E-state index is -0.393. The minimum absolute atomic E-state index is 0.0732. The normalized spacial score (nSPS) is 19.7. The number of carbonyl (C=O) groups excluding carboxylic acids is 2. The minimum Gasteiger partial charge on any atom is -0.454 e. The van der Waals surface area contributed by atoms with Crippen LogP contribution in [0.2, 0.25) is 0 Å². The highest BCUT2D eigenvalue weighted by atomic mass is 19.1. The second-order valence-corrected chi connectivity index (χ2v) is 8.52. The first kappa shape index (κ1) is 21.2. The number of halogens is 1. The van der Waals surface area contributed by atoms with Crippen LogP contribution in [0, 0.1) is 17.7 Å². The number of carbonyl (C=O) groups is 2. The molecule has 2 aliphatic rings. The summed E-state index contributed by atoms with van der Waals surface area (Å²) in [6.45, 7) is 5.65. The fraction of sp³-hybridized carbons (Fsp3) is 0.417. The molecule has 0 bridgehead atoms. The van der Waals surface area contributed by atoms with E-state index in [9.17, 15) is 14.0 Å². The summed E-state index contributed by atoms with van der Waals surface area (Å²) in [5, 5.41) is 3.01. The molecule has 31 heavy (non-hydrogen) atoms. The predicted octanol–water partition coefficient (Wildman–Crippen LogP) is 3.57. The number of nitrogens with zero attached hydrogens (tertiary/aromatic N) is 1. The van der Waals surface area contributed by atoms with Gasteiger partial charge in [-0.05, 0) is 48.2 Å². The van der Waals surface area contributed by atoms with Gasteiger partial charge in [-0.2, -0.15) is 0 Å². The van der Waals surface area contributed by atoms with E-state index in [1.807, 2.05) is 0 Å². The summed E-state index contributed by atoms with van der Waals surface area (Å²) in [5.74, 6) is 0.494. The number of hydrogen-bond acceptors (Lipinski definition) is 4. The van der Waals surface area contributed by atoms with Crippen LogP contribution in [0.15, 0.2) is 42.5 Å². The fourth-order valence-corrected chi connectivity index (χ4v) is 4.11. The zero-order valence-electron chi connectivity index (χ0n) is 17.8. The topological polar surface area (TPSA) is 67.9 Å². The Morgan fingerprint density at radius 2 is 1.84 bits per heavy atom. The molecule has 0 saturated carbocycles. The number of nitrogens with one attached hydrogen (secondary N) is 1. The molecule has 164 valence electrons. The lowest BCUT2D eigenvalue weighted by Gasteiger charge is -2.18. The number of ether oxygens (including phenoxy) is 2. The molecule has 2 aromatic rings. The first-order valence-corrected chi connectivity index (χ1v) is 10.6. The highest BCUT2D eigenvalue weighted by Gasteiger charge is 2.40. The van der Waals surface area contributed by atoms with Crippen LogP contribution < -0.4 is 14.8 Å². The van der Waals surface area contributed by atoms with E-state index in [0.717, 1.165) is 12.0 Å². The number of benzene rings is 2. The third-order valence-electron chi connectivity index (χ3n) is 5.88. The Kier molecular flexibility index (Phi) is 6.11. The molecule has 2 aliphatic heterocycles. The maximum Gasteiger partial charge on any atom is 0.254 e. The molecule has 6 nitrogen and oxygen atoms in total. The van der Waals surface area contributed by atoms with Crippen molar-refractivity contribution in [2.75, 3.05) is 26.4 Å². The SMILES string of the molecule is CC(C)CCNC(=O)C1CN(C(=O)c2ccc3c(c2)OCO3)CC1c1ccc(F)cc1. The fourth-order valence-electron chi connectivity index (χ4n) is 4.11. The van der Waals surface area contributed by atoms with Gasteiger partial charge in [-0.25, -0.2) is 4.39 Å². The summed E-state index contributed by atoms with van der Waals surface area (Å²) in [6.07, 6.45) is 0.888. The van der Waals surface area contributed by atoms with E-state index in [4.69, 9.17) is 9.47 Å². The van der Waals surface area contributed by atoms with E-state index in [-0.39, 0.29) is 30.3 Å². The molecule has 7 heteroatoms. The molecule has 2 amide bonds. The molecule has 1 saturated heterocycles. The highest BCUT2D eigenvalue weighted by Crippen LogP contribution is 2.36. The van der Waals surface area contributed by atoms with Gasteiger partial charge in [0.25, 0.3) is 5.91 Å². The summed E-state index contributed by atoms with van der Waals surface area (Å²) >= 11 is 0. The van der Waals surface area contributed by atoms with Crippen molar-refractivity contribution in [3.63, 3.8) is 0 Å². The van der Waals surface area contributed by atoms with Gasteiger partial charge in [0.2, 0.25) is 12.7 Å². The first-order chi connectivity index (χ1) is 14.9. The van der Waals surface area contributed by atoms with Crippen LogP contribution in [-0.4, -0.2) is 43.1 Å². The molecule has 0 spiro atoms. The lowest BCUT2D eigenvalue weighted by atomic mass is 9.88. The average molecular weight is 426 g/mol. The van der Waals surface area contributed by atoms with Gasteiger partial charge in [0.15, 0.2) is 11.5 Å². The van der Waals surface area contributed by atoms with Gasteiger partial charge in [0.05, 0.1) is 5.92 Å². The van der Waals surface area contributed by atoms with Crippen molar-refractivity contribution in [1.82, 2.24) is 10.2 Å². The number of amides is 2. The van der Waals surface area contributed by atoms with Crippen LogP contribution in [0.25, 0.3) is 0 Å². The quantitative estimate of drug-likeness (QED) is 0.767. The van der Waals surface area contributed by atoms with Crippen LogP contribution in [0.4, 0.5) is 4.39 Å². The Bertz CT molecular complexity index is 961. The van der Waals surface area contributed by atoms with Crippen molar-refractivity contribution >= 4 is 11.8 Å². The summed E-state index contributed by atoms with van der Waals surface area (Å²) in [6, 6.07) is 11.3. The van der Waals surface area contributed by atoms with Gasteiger partial charge >= 0.3 is 0 Å². The second kappa shape index (κ2) is 8.96. The molecule has 2 aromatic carbocycles. The number of hydrogen-bond donors (Lipinski definition) is 1. The summed E-state index contributed by atoms with van der Waals surface area (Å²) in [7, 11) is 0. The van der Waals surface area contributed by atoms with Crippen molar-refractivity contribution < 1.29 is 23.5 Å². The van der Waals surface area contributed by atoms with Gasteiger partial charge in [0.1, 0.15) is 5.82 Å². The smallest absolute Gasteiger partial charge is 0.254 e. The number of rotatable bonds is 6. The van der Waals surface area contributed by atoms with Gasteiger partial charge in [0, 0.05) is 31.1 Å². The molecule has 0 aromatic heterocycles. The molecule has 2 atom stereocenters. The van der Waals surface area contributed by atoms with Crippen molar-refractivity contribution in [3.05, 3.63) is 59.4 Å². The van der Waals surface area contributed by atoms with E-state index in [1.54, 1.807) is 35.2 Å². The molecule has 2 unspecified atom stereocenters. The molecule has 0 radical (unpaired) electrons. The van der Waals surface area contributed by atoms with Crippen LogP contribution >= 0.6 is 0 Å². The molecule has 2 heterocycles. The van der Waals surface area contributed by atoms with Crippen LogP contribution in [0.5, 0.6) is 11.5 Å². The van der Waals surface area contributed by atoms with E-state index in [0.29, 0.717) is 42.6 Å². The molecule has 1 fully saturated rings. The van der Waals surface area contributed by atoms with Crippen molar-refractivity contribution in [2.24, 2.45) is 11.8 Å². The van der Waals surface area contributed by atoms with Gasteiger partial charge in [-0.15, -0.1) is 0 Å². The summed E-state index contributed by atoms with van der Waals surface area (Å²) in [4.78, 5) is 27.9. The zero-order chi connectivity index (χ0) is 22.0. The Morgan fingerprint density at radius 3 is 2.58 bits per heavy atom. The second-order valence-electron chi connectivity index (χ2n) is 8.52. The zero-order valence-corrected chi connectivity index (χ0v) is 17.8. The van der Waals surface area contributed by atoms with E-state index >= 15 is 0 Å². The van der Waals surface area contributed by atoms with Crippen molar-refractivity contribution in [2.45, 2.75) is 26.2 Å². The van der Waals surface area contributed by atoms with E-state index < -0.39 is 5.92 Å². The van der Waals surface area contributed by atoms with E-state index in [1.165, 1.54) is 12.1 Å². The average Bonchev–Trinajstić information content (AvgIpc) is 3.40. The Balaban J connectivity index is 1.53. The van der Waals surface area contributed by atoms with Gasteiger partial charge in [-0.1, -0.05) is 26.0 Å². The largest absolute Gasteiger partial charge is 0.454 e. The van der Waals surface area contributed by atoms with E-state index in [2.05, 4.69) is 19.2 Å². The predicted molar refractivity (Wildman–Crippen MR) is 114 cm³/mol. The lowest BCUT2D eigenvalue weighted by Crippen LogP contribution is -2.36. The maximum atomic E-state index is 13.4. The lowest BCUT2D eigenvalue weighted by molar-refractivity contribution is -0.124. The first-order valence-electron chi connectivity index (χ1n) is 10.6. The maximum absolute atomic E-state index is 13.4. The highest BCUT2D eigenvalue weighted by molar-refractivity contribution is 5.96. The standard InChI is InChI=1S/C24H27FN2O4/c1-15(2)9-10-26-23(28)20-13-27(12-19(20)16-3-6-18(25)7-4-16)24(29)17-5-8-21-22(11-17)31-14-30-21/h3-8,11,15,19-20H,9-10,12-14H2,1-2H3,(H,26,28). The van der Waals surface area contributed by atoms with Crippen molar-refractivity contribution in [3.8, 4) is 11.5 Å². The van der Waals surface area contributed by atoms with Gasteiger partial charge in [-0.3, -0.25) is 9.59 Å². The Labute approximate surface area is 181 Å². The van der Waals surface area contributed by atoms with Gasteiger partial charge < -0.3 is 19.7 Å². The Morgan fingerprint density at radius 1 is 1.10 bits per heavy atom.